The molecule has 1 aromatic carbocycles. The monoisotopic (exact) mass is 663 g/mol. The number of epoxide rings is 1. The van der Waals surface area contributed by atoms with Crippen molar-refractivity contribution in [2.24, 2.45) is 17.3 Å². The second-order valence-corrected chi connectivity index (χ2v) is 17.7. The van der Waals surface area contributed by atoms with E-state index in [0.717, 1.165) is 50.9 Å². The lowest BCUT2D eigenvalue weighted by atomic mass is 9.39. The average Bonchev–Trinajstić information content (AvgIpc) is 3.61. The number of aliphatic hydroxyl groups excluding tert-OH is 1. The van der Waals surface area contributed by atoms with Gasteiger partial charge in [0.25, 0.3) is 0 Å². The Labute approximate surface area is 280 Å². The molecule has 2 aromatic rings. The SMILES string of the molecule is C=C(C)C1OC2CCC3(C)C(O)(CCC4(OC)C5OC(C)(C)C6CC7C(=C)Cc8c(Cl)cc9[nH]c(c5c9c8C76O)C43C)C23OC3C1O. The number of H-pyrrole nitrogens is 1. The molecule has 9 heteroatoms. The first kappa shape index (κ1) is 30.1. The van der Waals surface area contributed by atoms with Gasteiger partial charge in [0.05, 0.1) is 11.7 Å². The molecule has 5 aliphatic carbocycles. The summed E-state index contributed by atoms with van der Waals surface area (Å²) in [5.74, 6) is -0.234. The molecule has 3 saturated carbocycles. The van der Waals surface area contributed by atoms with Crippen LogP contribution in [0.15, 0.2) is 30.4 Å². The largest absolute Gasteiger partial charge is 0.387 e. The first-order valence-corrected chi connectivity index (χ1v) is 17.8. The lowest BCUT2D eigenvalue weighted by molar-refractivity contribution is -0.321. The van der Waals surface area contributed by atoms with Gasteiger partial charge in [0.15, 0.2) is 5.60 Å². The van der Waals surface area contributed by atoms with Crippen LogP contribution in [0, 0.1) is 17.3 Å². The van der Waals surface area contributed by atoms with E-state index in [2.05, 4.69) is 45.8 Å². The molecule has 10 rings (SSSR count). The predicted molar refractivity (Wildman–Crippen MR) is 175 cm³/mol. The van der Waals surface area contributed by atoms with E-state index in [9.17, 15) is 15.3 Å². The number of rotatable bonds is 2. The number of aromatic nitrogens is 1. The minimum atomic E-state index is -1.35. The summed E-state index contributed by atoms with van der Waals surface area (Å²) in [5.41, 5.74) is -0.194. The summed E-state index contributed by atoms with van der Waals surface area (Å²) in [7, 11) is 1.78. The molecule has 8 nitrogen and oxygen atoms in total. The van der Waals surface area contributed by atoms with Crippen LogP contribution in [0.25, 0.3) is 10.9 Å². The highest BCUT2D eigenvalue weighted by Gasteiger charge is 2.89. The number of aromatic amines is 1. The van der Waals surface area contributed by atoms with Gasteiger partial charge in [-0.05, 0) is 82.1 Å². The van der Waals surface area contributed by atoms with Crippen LogP contribution in [0.2, 0.25) is 5.02 Å². The zero-order valence-corrected chi connectivity index (χ0v) is 28.9. The fraction of sp³-hybridized carbons (Fsp3) is 0.684. The van der Waals surface area contributed by atoms with Crippen LogP contribution in [-0.4, -0.2) is 74.2 Å². The number of aliphatic hydroxyl groups is 3. The first-order valence-electron chi connectivity index (χ1n) is 17.4. The number of benzene rings is 1. The Kier molecular flexibility index (Phi) is 5.28. The Morgan fingerprint density at radius 1 is 1.13 bits per heavy atom. The second-order valence-electron chi connectivity index (χ2n) is 17.3. The van der Waals surface area contributed by atoms with Crippen LogP contribution in [0.1, 0.15) is 95.2 Å². The van der Waals surface area contributed by atoms with E-state index in [4.69, 9.17) is 30.5 Å². The summed E-state index contributed by atoms with van der Waals surface area (Å²) in [6, 6.07) is 2.00. The van der Waals surface area contributed by atoms with Gasteiger partial charge in [-0.3, -0.25) is 0 Å². The van der Waals surface area contributed by atoms with Crippen LogP contribution in [0.5, 0.6) is 0 Å². The molecule has 5 fully saturated rings. The number of methoxy groups -OCH3 is 1. The number of hydrogen-bond donors (Lipinski definition) is 4. The standard InChI is InChI=1S/C38H46ClNO7/c1-16(2)28-27(41)31-38(47-31)23(45-28)9-10-33(6)34(7)29-25-24-21(40-29)15-20(39)18-13-17(3)19-14-22(37(19,43)26(18)24)32(4,5)46-30(25)35(34,44-8)11-12-36(33,38)42/h15,19,22-23,27-28,30-31,40-43H,1,3,9-14H2,2,4-8H3. The zero-order chi connectivity index (χ0) is 33.2. The smallest absolute Gasteiger partial charge is 0.153 e. The van der Waals surface area contributed by atoms with Gasteiger partial charge in [-0.25, -0.2) is 0 Å². The number of hydrogen-bond acceptors (Lipinski definition) is 7. The molecule has 0 amide bonds. The highest BCUT2D eigenvalue weighted by atomic mass is 35.5. The average molecular weight is 664 g/mol. The first-order chi connectivity index (χ1) is 22.0. The molecule has 4 heterocycles. The Balaban J connectivity index is 1.25. The van der Waals surface area contributed by atoms with Crippen molar-refractivity contribution in [2.45, 2.75) is 137 Å². The molecule has 47 heavy (non-hydrogen) atoms. The molecular weight excluding hydrogens is 618 g/mol. The molecule has 2 saturated heterocycles. The van der Waals surface area contributed by atoms with Crippen molar-refractivity contribution in [1.29, 1.82) is 0 Å². The van der Waals surface area contributed by atoms with Crippen molar-refractivity contribution < 1.29 is 34.3 Å². The third-order valence-corrected chi connectivity index (χ3v) is 16.0. The summed E-state index contributed by atoms with van der Waals surface area (Å²) in [4.78, 5) is 3.85. The molecule has 13 unspecified atom stereocenters. The summed E-state index contributed by atoms with van der Waals surface area (Å²) in [5, 5.41) is 39.3. The van der Waals surface area contributed by atoms with E-state index < -0.39 is 63.3 Å². The molecule has 252 valence electrons. The van der Waals surface area contributed by atoms with Gasteiger partial charge in [-0.2, -0.15) is 0 Å². The van der Waals surface area contributed by atoms with Gasteiger partial charge in [0.1, 0.15) is 41.2 Å². The van der Waals surface area contributed by atoms with Crippen LogP contribution in [0.4, 0.5) is 0 Å². The zero-order valence-electron chi connectivity index (χ0n) is 28.1. The van der Waals surface area contributed by atoms with Crippen molar-refractivity contribution in [3.63, 3.8) is 0 Å². The van der Waals surface area contributed by atoms with Crippen LogP contribution >= 0.6 is 11.6 Å². The van der Waals surface area contributed by atoms with E-state index in [1.54, 1.807) is 7.11 Å². The number of ether oxygens (including phenoxy) is 4. The molecule has 1 aromatic heterocycles. The van der Waals surface area contributed by atoms with E-state index in [0.29, 0.717) is 37.1 Å². The maximum Gasteiger partial charge on any atom is 0.153 e. The number of halogens is 1. The van der Waals surface area contributed by atoms with Crippen LogP contribution < -0.4 is 0 Å². The van der Waals surface area contributed by atoms with Gasteiger partial charge in [0, 0.05) is 57.0 Å². The number of nitrogens with one attached hydrogen (secondary N) is 1. The Morgan fingerprint density at radius 2 is 1.87 bits per heavy atom. The summed E-state index contributed by atoms with van der Waals surface area (Å²) < 4.78 is 27.3. The van der Waals surface area contributed by atoms with E-state index in [1.807, 2.05) is 13.0 Å². The van der Waals surface area contributed by atoms with Gasteiger partial charge < -0.3 is 39.3 Å². The molecule has 8 aliphatic rings. The fourth-order valence-corrected chi connectivity index (χ4v) is 13.5. The normalized spacial score (nSPS) is 52.4. The molecule has 3 aliphatic heterocycles. The Morgan fingerprint density at radius 3 is 2.57 bits per heavy atom. The lowest BCUT2D eigenvalue weighted by Crippen LogP contribution is -2.79. The highest BCUT2D eigenvalue weighted by Crippen LogP contribution is 2.79. The minimum absolute atomic E-state index is 0.0658. The van der Waals surface area contributed by atoms with Crippen molar-refractivity contribution in [2.75, 3.05) is 7.11 Å². The van der Waals surface area contributed by atoms with E-state index in [-0.39, 0.29) is 17.9 Å². The molecule has 0 bridgehead atoms. The summed E-state index contributed by atoms with van der Waals surface area (Å²) in [6.07, 6.45) is 0.792. The third kappa shape index (κ3) is 2.73. The predicted octanol–water partition coefficient (Wildman–Crippen LogP) is 5.43. The Bertz CT molecular complexity index is 1870. The van der Waals surface area contributed by atoms with E-state index in [1.165, 1.54) is 0 Å². The van der Waals surface area contributed by atoms with Crippen molar-refractivity contribution in [1.82, 2.24) is 4.98 Å². The summed E-state index contributed by atoms with van der Waals surface area (Å²) in [6.45, 7) is 19.0. The maximum atomic E-state index is 13.4. The highest BCUT2D eigenvalue weighted by molar-refractivity contribution is 6.32. The minimum Gasteiger partial charge on any atom is -0.387 e. The van der Waals surface area contributed by atoms with E-state index >= 15 is 0 Å². The van der Waals surface area contributed by atoms with Gasteiger partial charge in [-0.15, -0.1) is 0 Å². The second kappa shape index (κ2) is 8.24. The quantitative estimate of drug-likeness (QED) is 0.250. The third-order valence-electron chi connectivity index (χ3n) is 15.7. The number of fused-ring (bicyclic) bond motifs is 5. The van der Waals surface area contributed by atoms with Crippen molar-refractivity contribution in [3.05, 3.63) is 57.8 Å². The van der Waals surface area contributed by atoms with Crippen molar-refractivity contribution in [3.8, 4) is 0 Å². The fourth-order valence-electron chi connectivity index (χ4n) is 13.2. The molecule has 4 N–H and O–H groups in total. The topological polar surface area (TPSA) is 117 Å². The van der Waals surface area contributed by atoms with Gasteiger partial charge >= 0.3 is 0 Å². The maximum absolute atomic E-state index is 13.4. The van der Waals surface area contributed by atoms with Crippen molar-refractivity contribution >= 4 is 22.5 Å². The van der Waals surface area contributed by atoms with Gasteiger partial charge in [0.2, 0.25) is 0 Å². The van der Waals surface area contributed by atoms with Crippen LogP contribution in [0.3, 0.4) is 0 Å². The molecule has 1 spiro atoms. The molecule has 0 radical (unpaired) electrons. The molecule has 13 atom stereocenters. The Hall–Kier alpha value is -1.75. The summed E-state index contributed by atoms with van der Waals surface area (Å²) >= 11 is 7.09. The van der Waals surface area contributed by atoms with Crippen LogP contribution in [-0.2, 0) is 36.4 Å². The lowest BCUT2D eigenvalue weighted by Gasteiger charge is -2.69. The molecular formula is C38H46ClNO7. The van der Waals surface area contributed by atoms with Gasteiger partial charge in [-0.1, -0.05) is 44.2 Å².